The van der Waals surface area contributed by atoms with Crippen molar-refractivity contribution < 1.29 is 19.1 Å². The number of anilines is 1. The van der Waals surface area contributed by atoms with Gasteiger partial charge in [0.1, 0.15) is 0 Å². The highest BCUT2D eigenvalue weighted by Crippen LogP contribution is 2.16. The predicted octanol–water partition coefficient (Wildman–Crippen LogP) is 2.92. The van der Waals surface area contributed by atoms with Crippen molar-refractivity contribution in [3.63, 3.8) is 0 Å². The Morgan fingerprint density at radius 2 is 1.75 bits per heavy atom. The van der Waals surface area contributed by atoms with Crippen molar-refractivity contribution in [3.05, 3.63) is 76.1 Å². The molecule has 7 heteroatoms. The Hall–Kier alpha value is -3.74. The highest BCUT2D eigenvalue weighted by atomic mass is 16.5. The molecule has 1 amide bonds. The number of esters is 1. The Morgan fingerprint density at radius 1 is 1.04 bits per heavy atom. The Morgan fingerprint density at radius 3 is 2.46 bits per heavy atom. The summed E-state index contributed by atoms with van der Waals surface area (Å²) in [7, 11) is 0. The highest BCUT2D eigenvalue weighted by molar-refractivity contribution is 6.05. The molecule has 0 spiro atoms. The molecule has 2 aromatic carbocycles. The van der Waals surface area contributed by atoms with Crippen molar-refractivity contribution in [2.75, 3.05) is 11.9 Å². The van der Waals surface area contributed by atoms with Crippen LogP contribution in [-0.4, -0.2) is 29.3 Å². The summed E-state index contributed by atoms with van der Waals surface area (Å²) in [6.45, 7) is 1.28. The molecule has 2 N–H and O–H groups in total. The van der Waals surface area contributed by atoms with E-state index in [1.165, 1.54) is 0 Å². The zero-order chi connectivity index (χ0) is 20.1. The van der Waals surface area contributed by atoms with Crippen LogP contribution in [0.25, 0.3) is 10.9 Å². The van der Waals surface area contributed by atoms with Crippen LogP contribution < -0.4 is 10.9 Å². The van der Waals surface area contributed by atoms with Crippen LogP contribution in [0.2, 0.25) is 0 Å². The van der Waals surface area contributed by atoms with E-state index in [9.17, 15) is 19.2 Å². The highest BCUT2D eigenvalue weighted by Gasteiger charge is 2.15. The lowest BCUT2D eigenvalue weighted by molar-refractivity contribution is -0.115. The average Bonchev–Trinajstić information content (AvgIpc) is 2.71. The number of Topliss-reactive ketones (excluding diaryl/α,β-unsaturated/α-hetero) is 1. The Balaban J connectivity index is 1.69. The number of hydrogen-bond donors (Lipinski definition) is 2. The molecule has 142 valence electrons. The standard InChI is InChI=1S/C21H18N2O5/c1-2-19(25)22-14-9-7-13(8-10-14)18(24)12-28-21(27)16-11-20(26)23-17-6-4-3-5-15(16)17/h3-11H,2,12H2,1H3,(H,22,25)(H,23,26). The molecule has 1 aromatic heterocycles. The van der Waals surface area contributed by atoms with E-state index < -0.39 is 23.9 Å². The summed E-state index contributed by atoms with van der Waals surface area (Å²) < 4.78 is 5.11. The van der Waals surface area contributed by atoms with Gasteiger partial charge in [0.15, 0.2) is 12.4 Å². The summed E-state index contributed by atoms with van der Waals surface area (Å²) in [5.41, 5.74) is 1.11. The molecule has 7 nitrogen and oxygen atoms in total. The molecular formula is C21H18N2O5. The van der Waals surface area contributed by atoms with Crippen LogP contribution in [0.1, 0.15) is 34.1 Å². The van der Waals surface area contributed by atoms with Gasteiger partial charge in [0.2, 0.25) is 11.5 Å². The van der Waals surface area contributed by atoms with E-state index in [4.69, 9.17) is 4.74 Å². The minimum Gasteiger partial charge on any atom is -0.454 e. The van der Waals surface area contributed by atoms with Crippen LogP contribution in [-0.2, 0) is 9.53 Å². The molecule has 3 aromatic rings. The molecule has 3 rings (SSSR count). The maximum Gasteiger partial charge on any atom is 0.339 e. The van der Waals surface area contributed by atoms with Crippen molar-refractivity contribution in [2.24, 2.45) is 0 Å². The molecule has 28 heavy (non-hydrogen) atoms. The van der Waals surface area contributed by atoms with Gasteiger partial charge in [-0.05, 0) is 30.3 Å². The van der Waals surface area contributed by atoms with Crippen molar-refractivity contribution in [3.8, 4) is 0 Å². The van der Waals surface area contributed by atoms with E-state index in [1.54, 1.807) is 55.5 Å². The smallest absolute Gasteiger partial charge is 0.339 e. The van der Waals surface area contributed by atoms with Gasteiger partial charge in [-0.3, -0.25) is 14.4 Å². The number of pyridine rings is 1. The number of hydrogen-bond acceptors (Lipinski definition) is 5. The van der Waals surface area contributed by atoms with Crippen LogP contribution in [0.15, 0.2) is 59.4 Å². The number of para-hydroxylation sites is 1. The molecule has 0 fully saturated rings. The normalized spacial score (nSPS) is 10.5. The summed E-state index contributed by atoms with van der Waals surface area (Å²) in [6.07, 6.45) is 0.355. The zero-order valence-electron chi connectivity index (χ0n) is 15.2. The molecule has 1 heterocycles. The lowest BCUT2D eigenvalue weighted by atomic mass is 10.1. The van der Waals surface area contributed by atoms with Crippen molar-refractivity contribution in [1.82, 2.24) is 4.98 Å². The molecule has 0 radical (unpaired) electrons. The first-order valence-corrected chi connectivity index (χ1v) is 8.70. The largest absolute Gasteiger partial charge is 0.454 e. The number of benzene rings is 2. The number of ketones is 1. The summed E-state index contributed by atoms with van der Waals surface area (Å²) >= 11 is 0. The molecule has 0 saturated carbocycles. The van der Waals surface area contributed by atoms with Crippen molar-refractivity contribution in [1.29, 1.82) is 0 Å². The molecule has 0 aliphatic rings. The van der Waals surface area contributed by atoms with Crippen LogP contribution >= 0.6 is 0 Å². The third-order valence-corrected chi connectivity index (χ3v) is 4.12. The number of ether oxygens (including phenoxy) is 1. The maximum absolute atomic E-state index is 12.4. The van der Waals surface area contributed by atoms with E-state index in [0.717, 1.165) is 6.07 Å². The summed E-state index contributed by atoms with van der Waals surface area (Å²) in [5, 5.41) is 3.22. The van der Waals surface area contributed by atoms with Gasteiger partial charge in [-0.2, -0.15) is 0 Å². The minimum atomic E-state index is -0.748. The quantitative estimate of drug-likeness (QED) is 0.507. The first-order valence-electron chi connectivity index (χ1n) is 8.70. The molecule has 0 unspecified atom stereocenters. The fourth-order valence-electron chi connectivity index (χ4n) is 2.65. The number of amides is 1. The molecule has 0 aliphatic heterocycles. The zero-order valence-corrected chi connectivity index (χ0v) is 15.2. The van der Waals surface area contributed by atoms with E-state index in [1.807, 2.05) is 0 Å². The average molecular weight is 378 g/mol. The number of H-pyrrole nitrogens is 1. The fourth-order valence-corrected chi connectivity index (χ4v) is 2.65. The van der Waals surface area contributed by atoms with Crippen LogP contribution in [0.3, 0.4) is 0 Å². The van der Waals surface area contributed by atoms with Gasteiger partial charge in [0, 0.05) is 34.6 Å². The molecular weight excluding hydrogens is 360 g/mol. The number of aromatic nitrogens is 1. The first-order chi connectivity index (χ1) is 13.5. The van der Waals surface area contributed by atoms with E-state index in [0.29, 0.717) is 28.6 Å². The minimum absolute atomic E-state index is 0.102. The van der Waals surface area contributed by atoms with Crippen LogP contribution in [0.4, 0.5) is 5.69 Å². The lowest BCUT2D eigenvalue weighted by Gasteiger charge is -2.08. The van der Waals surface area contributed by atoms with Gasteiger partial charge in [-0.25, -0.2) is 4.79 Å². The number of rotatable bonds is 6. The van der Waals surface area contributed by atoms with E-state index in [-0.39, 0.29) is 11.5 Å². The van der Waals surface area contributed by atoms with Crippen molar-refractivity contribution in [2.45, 2.75) is 13.3 Å². The second-order valence-electron chi connectivity index (χ2n) is 6.07. The topological polar surface area (TPSA) is 105 Å². The molecule has 0 atom stereocenters. The van der Waals surface area contributed by atoms with Crippen LogP contribution in [0, 0.1) is 0 Å². The number of aromatic amines is 1. The summed E-state index contributed by atoms with van der Waals surface area (Å²) in [4.78, 5) is 50.4. The number of carbonyl (C=O) groups excluding carboxylic acids is 3. The first kappa shape index (κ1) is 19.0. The number of nitrogens with one attached hydrogen (secondary N) is 2. The van der Waals surface area contributed by atoms with Gasteiger partial charge in [-0.1, -0.05) is 25.1 Å². The van der Waals surface area contributed by atoms with E-state index in [2.05, 4.69) is 10.3 Å². The lowest BCUT2D eigenvalue weighted by Crippen LogP contribution is -2.17. The fraction of sp³-hybridized carbons (Fsp3) is 0.143. The molecule has 0 bridgehead atoms. The third kappa shape index (κ3) is 4.32. The Kier molecular flexibility index (Phi) is 5.64. The van der Waals surface area contributed by atoms with Gasteiger partial charge < -0.3 is 15.0 Å². The number of fused-ring (bicyclic) bond motifs is 1. The number of carbonyl (C=O) groups is 3. The van der Waals surface area contributed by atoms with E-state index >= 15 is 0 Å². The molecule has 0 aliphatic carbocycles. The maximum atomic E-state index is 12.4. The van der Waals surface area contributed by atoms with Crippen molar-refractivity contribution >= 4 is 34.3 Å². The van der Waals surface area contributed by atoms with Gasteiger partial charge in [-0.15, -0.1) is 0 Å². The van der Waals surface area contributed by atoms with Gasteiger partial charge >= 0.3 is 5.97 Å². The second-order valence-corrected chi connectivity index (χ2v) is 6.07. The Bertz CT molecular complexity index is 1100. The monoisotopic (exact) mass is 378 g/mol. The van der Waals surface area contributed by atoms with Gasteiger partial charge in [0.05, 0.1) is 5.56 Å². The summed E-state index contributed by atoms with van der Waals surface area (Å²) in [5.74, 6) is -1.27. The predicted molar refractivity (Wildman–Crippen MR) is 105 cm³/mol. The van der Waals surface area contributed by atoms with Crippen LogP contribution in [0.5, 0.6) is 0 Å². The summed E-state index contributed by atoms with van der Waals surface area (Å²) in [6, 6.07) is 14.3. The van der Waals surface area contributed by atoms with Gasteiger partial charge in [0.25, 0.3) is 0 Å². The third-order valence-electron chi connectivity index (χ3n) is 4.12. The Labute approximate surface area is 160 Å². The SMILES string of the molecule is CCC(=O)Nc1ccc(C(=O)COC(=O)c2cc(=O)[nH]c3ccccc23)cc1. The molecule has 0 saturated heterocycles. The second kappa shape index (κ2) is 8.30.